The van der Waals surface area contributed by atoms with Crippen molar-refractivity contribution in [3.63, 3.8) is 0 Å². The van der Waals surface area contributed by atoms with Crippen LogP contribution in [0.2, 0.25) is 0 Å². The monoisotopic (exact) mass is 372 g/mol. The van der Waals surface area contributed by atoms with Crippen molar-refractivity contribution in [3.05, 3.63) is 59.7 Å². The minimum Gasteiger partial charge on any atom is -0.193 e. The number of hydrogen-bond donors (Lipinski definition) is 0. The van der Waals surface area contributed by atoms with E-state index < -0.39 is 0 Å². The van der Waals surface area contributed by atoms with E-state index in [4.69, 9.17) is 10.5 Å². The van der Waals surface area contributed by atoms with E-state index in [0.717, 1.165) is 23.8 Å². The van der Waals surface area contributed by atoms with Gasteiger partial charge in [-0.3, -0.25) is 0 Å². The zero-order chi connectivity index (χ0) is 19.8. The molecule has 0 spiro atoms. The Morgan fingerprint density at radius 1 is 0.929 bits per heavy atom. The molecule has 28 heavy (non-hydrogen) atoms. The van der Waals surface area contributed by atoms with E-state index in [-0.39, 0.29) is 0 Å². The summed E-state index contributed by atoms with van der Waals surface area (Å²) in [5.74, 6) is 2.91. The van der Waals surface area contributed by atoms with Crippen LogP contribution in [0.3, 0.4) is 0 Å². The molecule has 0 unspecified atom stereocenters. The molecule has 0 bridgehead atoms. The van der Waals surface area contributed by atoms with Gasteiger partial charge < -0.3 is 0 Å². The Bertz CT molecular complexity index is 743. The molecule has 2 fully saturated rings. The van der Waals surface area contributed by atoms with Gasteiger partial charge in [0.25, 0.3) is 0 Å². The molecule has 146 valence electrons. The molecule has 2 aliphatic carbocycles. The van der Waals surface area contributed by atoms with Crippen LogP contribution in [0.5, 0.6) is 0 Å². The number of benzene rings is 1. The topological polar surface area (TPSA) is 47.6 Å². The molecule has 0 amide bonds. The molecule has 0 atom stereocenters. The molecule has 0 radical (unpaired) electrons. The van der Waals surface area contributed by atoms with Gasteiger partial charge in [0, 0.05) is 6.08 Å². The summed E-state index contributed by atoms with van der Waals surface area (Å²) >= 11 is 0. The molecule has 0 heterocycles. The molecule has 0 aromatic heterocycles. The van der Waals surface area contributed by atoms with Gasteiger partial charge in [-0.2, -0.15) is 10.5 Å². The largest absolute Gasteiger partial charge is 0.193 e. The van der Waals surface area contributed by atoms with Crippen LogP contribution in [0.4, 0.5) is 0 Å². The van der Waals surface area contributed by atoms with E-state index in [1.54, 1.807) is 6.08 Å². The Balaban J connectivity index is 1.42. The number of hydrogen-bond acceptors (Lipinski definition) is 2. The second-order valence-electron chi connectivity index (χ2n) is 8.68. The lowest BCUT2D eigenvalue weighted by atomic mass is 9.69. The number of rotatable bonds is 6. The van der Waals surface area contributed by atoms with E-state index in [1.807, 2.05) is 18.2 Å². The lowest BCUT2D eigenvalue weighted by molar-refractivity contribution is 0.260. The number of nitrogens with zero attached hydrogens (tertiary/aromatic N) is 2. The van der Waals surface area contributed by atoms with Crippen molar-refractivity contribution in [2.45, 2.75) is 70.1 Å². The van der Waals surface area contributed by atoms with Crippen molar-refractivity contribution in [2.24, 2.45) is 17.8 Å². The van der Waals surface area contributed by atoms with Crippen LogP contribution in [0.1, 0.15) is 81.3 Å². The third kappa shape index (κ3) is 5.36. The maximum absolute atomic E-state index is 8.96. The van der Waals surface area contributed by atoms with Crippen molar-refractivity contribution in [1.82, 2.24) is 0 Å². The predicted molar refractivity (Wildman–Crippen MR) is 114 cm³/mol. The molecular formula is C26H32N2. The minimum atomic E-state index is 0.647. The summed E-state index contributed by atoms with van der Waals surface area (Å²) in [7, 11) is 0. The van der Waals surface area contributed by atoms with Crippen LogP contribution in [0, 0.1) is 40.4 Å². The van der Waals surface area contributed by atoms with Crippen LogP contribution in [-0.4, -0.2) is 0 Å². The van der Waals surface area contributed by atoms with Gasteiger partial charge in [0.05, 0.1) is 17.7 Å². The van der Waals surface area contributed by atoms with Gasteiger partial charge in [-0.25, -0.2) is 0 Å². The van der Waals surface area contributed by atoms with Crippen LogP contribution < -0.4 is 0 Å². The summed E-state index contributed by atoms with van der Waals surface area (Å²) in [5.41, 5.74) is 3.68. The van der Waals surface area contributed by atoms with E-state index in [9.17, 15) is 0 Å². The highest BCUT2D eigenvalue weighted by atomic mass is 14.3. The van der Waals surface area contributed by atoms with Crippen LogP contribution >= 0.6 is 0 Å². The molecule has 3 rings (SSSR count). The molecule has 0 saturated heterocycles. The second-order valence-corrected chi connectivity index (χ2v) is 8.68. The van der Waals surface area contributed by atoms with Crippen molar-refractivity contribution >= 4 is 0 Å². The van der Waals surface area contributed by atoms with Gasteiger partial charge in [-0.1, -0.05) is 30.4 Å². The first-order valence-electron chi connectivity index (χ1n) is 10.9. The van der Waals surface area contributed by atoms with E-state index >= 15 is 0 Å². The zero-order valence-electron chi connectivity index (χ0n) is 16.9. The highest BCUT2D eigenvalue weighted by Gasteiger charge is 2.29. The van der Waals surface area contributed by atoms with Gasteiger partial charge in [0.2, 0.25) is 0 Å². The third-order valence-corrected chi connectivity index (χ3v) is 7.07. The fourth-order valence-corrected chi connectivity index (χ4v) is 5.25. The molecule has 2 saturated carbocycles. The lowest BCUT2D eigenvalue weighted by Gasteiger charge is -2.36. The average Bonchev–Trinajstić information content (AvgIpc) is 2.77. The molecule has 2 heteroatoms. The molecule has 1 aromatic carbocycles. The Hall–Kier alpha value is -2.32. The molecule has 0 N–H and O–H groups in total. The quantitative estimate of drug-likeness (QED) is 0.396. The summed E-state index contributed by atoms with van der Waals surface area (Å²) in [5, 5.41) is 17.5. The number of allylic oxidation sites excluding steroid dienone is 3. The van der Waals surface area contributed by atoms with E-state index in [1.165, 1.54) is 68.9 Å². The van der Waals surface area contributed by atoms with Crippen molar-refractivity contribution in [1.29, 1.82) is 10.5 Å². The van der Waals surface area contributed by atoms with Crippen molar-refractivity contribution in [3.8, 4) is 12.1 Å². The lowest BCUT2D eigenvalue weighted by Crippen LogP contribution is -2.22. The Labute approximate surface area is 170 Å². The maximum Gasteiger partial charge on any atom is 0.0991 e. The van der Waals surface area contributed by atoms with Gasteiger partial charge in [-0.15, -0.1) is 0 Å². The third-order valence-electron chi connectivity index (χ3n) is 7.07. The van der Waals surface area contributed by atoms with E-state index in [0.29, 0.717) is 11.8 Å². The summed E-state index contributed by atoms with van der Waals surface area (Å²) in [4.78, 5) is 0. The highest BCUT2D eigenvalue weighted by molar-refractivity contribution is 5.33. The molecular weight excluding hydrogens is 340 g/mol. The van der Waals surface area contributed by atoms with Gasteiger partial charge >= 0.3 is 0 Å². The van der Waals surface area contributed by atoms with Crippen LogP contribution in [-0.2, 0) is 0 Å². The normalized spacial score (nSPS) is 27.8. The summed E-state index contributed by atoms with van der Waals surface area (Å²) in [6.07, 6.45) is 16.2. The second kappa shape index (κ2) is 10.3. The van der Waals surface area contributed by atoms with Gasteiger partial charge in [-0.05, 0) is 106 Å². The molecule has 0 aliphatic heterocycles. The van der Waals surface area contributed by atoms with Gasteiger partial charge in [0.1, 0.15) is 0 Å². The Morgan fingerprint density at radius 2 is 1.54 bits per heavy atom. The molecule has 2 aliphatic rings. The smallest absolute Gasteiger partial charge is 0.0991 e. The number of nitriles is 2. The highest BCUT2D eigenvalue weighted by Crippen LogP contribution is 2.44. The predicted octanol–water partition coefficient (Wildman–Crippen LogP) is 7.05. The minimum absolute atomic E-state index is 0.647. The first-order chi connectivity index (χ1) is 13.7. The van der Waals surface area contributed by atoms with Crippen molar-refractivity contribution < 1.29 is 0 Å². The average molecular weight is 373 g/mol. The summed E-state index contributed by atoms with van der Waals surface area (Å²) in [6, 6.07) is 12.5. The summed E-state index contributed by atoms with van der Waals surface area (Å²) in [6.45, 7) is 4.55. The molecule has 2 nitrogen and oxygen atoms in total. The summed E-state index contributed by atoms with van der Waals surface area (Å²) < 4.78 is 0. The fourth-order valence-electron chi connectivity index (χ4n) is 5.25. The zero-order valence-corrected chi connectivity index (χ0v) is 16.9. The van der Waals surface area contributed by atoms with Gasteiger partial charge in [0.15, 0.2) is 0 Å². The Kier molecular flexibility index (Phi) is 7.50. The maximum atomic E-state index is 8.96. The Morgan fingerprint density at radius 3 is 2.11 bits per heavy atom. The SMILES string of the molecule is C=C(C1CCC(CCC=CC#N)CC1)C1CCC(c2ccc(C#N)cc2)CC1. The standard InChI is InChI=1S/C26H32N2/c1-20(23-10-6-21(7-11-23)5-3-2-4-18-27)24-14-16-26(17-15-24)25-12-8-22(19-28)9-13-25/h2,4,8-9,12-13,21,23-24,26H,1,3,5-7,10-11,14-17H2. The van der Waals surface area contributed by atoms with Crippen molar-refractivity contribution in [2.75, 3.05) is 0 Å². The molecule has 1 aromatic rings. The van der Waals surface area contributed by atoms with E-state index in [2.05, 4.69) is 30.9 Å². The first-order valence-corrected chi connectivity index (χ1v) is 10.9. The van der Waals surface area contributed by atoms with Crippen LogP contribution in [0.25, 0.3) is 0 Å². The fraction of sp³-hybridized carbons (Fsp3) is 0.538. The first kappa shape index (κ1) is 20.4. The van der Waals surface area contributed by atoms with Crippen LogP contribution in [0.15, 0.2) is 48.6 Å².